The molecule has 0 radical (unpaired) electrons. The van der Waals surface area contributed by atoms with Crippen molar-refractivity contribution in [1.82, 2.24) is 0 Å². The third-order valence-corrected chi connectivity index (χ3v) is 2.30. The molecule has 0 aliphatic rings. The van der Waals surface area contributed by atoms with Gasteiger partial charge in [-0.2, -0.15) is 5.26 Å². The van der Waals surface area contributed by atoms with Crippen molar-refractivity contribution in [3.8, 4) is 17.6 Å². The number of nitriles is 1. The molecule has 0 bridgehead atoms. The molecule has 16 heavy (non-hydrogen) atoms. The van der Waals surface area contributed by atoms with E-state index in [1.807, 2.05) is 0 Å². The zero-order valence-electron chi connectivity index (χ0n) is 9.82. The SMILES string of the molecule is CCCCCOc1ccc(C#N)cc1OC. The average Bonchev–Trinajstić information content (AvgIpc) is 2.34. The monoisotopic (exact) mass is 219 g/mol. The largest absolute Gasteiger partial charge is 0.493 e. The molecular formula is C13H17NO2. The fourth-order valence-corrected chi connectivity index (χ4v) is 1.39. The molecule has 3 nitrogen and oxygen atoms in total. The maximum absolute atomic E-state index is 8.75. The molecule has 0 N–H and O–H groups in total. The molecule has 0 atom stereocenters. The molecule has 86 valence electrons. The van der Waals surface area contributed by atoms with Crippen molar-refractivity contribution < 1.29 is 9.47 Å². The molecular weight excluding hydrogens is 202 g/mol. The Morgan fingerprint density at radius 1 is 1.25 bits per heavy atom. The first kappa shape index (κ1) is 12.4. The molecule has 0 fully saturated rings. The molecule has 0 heterocycles. The Balaban J connectivity index is 2.62. The van der Waals surface area contributed by atoms with Crippen LogP contribution in [0, 0.1) is 11.3 Å². The minimum Gasteiger partial charge on any atom is -0.493 e. The van der Waals surface area contributed by atoms with Gasteiger partial charge in [-0.15, -0.1) is 0 Å². The number of methoxy groups -OCH3 is 1. The number of ether oxygens (including phenoxy) is 2. The van der Waals surface area contributed by atoms with E-state index in [1.165, 1.54) is 12.8 Å². The molecule has 0 spiro atoms. The fourth-order valence-electron chi connectivity index (χ4n) is 1.39. The van der Waals surface area contributed by atoms with E-state index in [2.05, 4.69) is 13.0 Å². The van der Waals surface area contributed by atoms with Gasteiger partial charge in [0, 0.05) is 6.07 Å². The number of hydrogen-bond acceptors (Lipinski definition) is 3. The van der Waals surface area contributed by atoms with Crippen molar-refractivity contribution >= 4 is 0 Å². The summed E-state index contributed by atoms with van der Waals surface area (Å²) in [5.74, 6) is 1.33. The summed E-state index contributed by atoms with van der Waals surface area (Å²) >= 11 is 0. The molecule has 1 aromatic rings. The third kappa shape index (κ3) is 3.47. The van der Waals surface area contributed by atoms with Crippen LogP contribution in [-0.2, 0) is 0 Å². The van der Waals surface area contributed by atoms with Gasteiger partial charge in [0.1, 0.15) is 0 Å². The topological polar surface area (TPSA) is 42.2 Å². The maximum Gasteiger partial charge on any atom is 0.162 e. The van der Waals surface area contributed by atoms with Crippen LogP contribution in [0.15, 0.2) is 18.2 Å². The standard InChI is InChI=1S/C13H17NO2/c1-3-4-5-8-16-12-7-6-11(10-14)9-13(12)15-2/h6-7,9H,3-5,8H2,1-2H3. The minimum absolute atomic E-state index is 0.581. The lowest BCUT2D eigenvalue weighted by molar-refractivity contribution is 0.286. The highest BCUT2D eigenvalue weighted by Crippen LogP contribution is 2.27. The van der Waals surface area contributed by atoms with E-state index in [1.54, 1.807) is 25.3 Å². The smallest absolute Gasteiger partial charge is 0.162 e. The first-order valence-corrected chi connectivity index (χ1v) is 5.52. The Morgan fingerprint density at radius 3 is 2.69 bits per heavy atom. The van der Waals surface area contributed by atoms with E-state index >= 15 is 0 Å². The van der Waals surface area contributed by atoms with E-state index < -0.39 is 0 Å². The van der Waals surface area contributed by atoms with E-state index in [0.717, 1.165) is 6.42 Å². The van der Waals surface area contributed by atoms with Gasteiger partial charge >= 0.3 is 0 Å². The number of nitrogens with zero attached hydrogens (tertiary/aromatic N) is 1. The van der Waals surface area contributed by atoms with Crippen molar-refractivity contribution in [2.45, 2.75) is 26.2 Å². The lowest BCUT2D eigenvalue weighted by Gasteiger charge is -2.10. The summed E-state index contributed by atoms with van der Waals surface area (Å²) in [5.41, 5.74) is 0.581. The number of rotatable bonds is 6. The predicted octanol–water partition coefficient (Wildman–Crippen LogP) is 3.14. The number of unbranched alkanes of at least 4 members (excludes halogenated alkanes) is 2. The summed E-state index contributed by atoms with van der Waals surface area (Å²) in [6.45, 7) is 2.85. The number of hydrogen-bond donors (Lipinski definition) is 0. The zero-order valence-corrected chi connectivity index (χ0v) is 9.82. The van der Waals surface area contributed by atoms with Crippen LogP contribution >= 0.6 is 0 Å². The first-order valence-electron chi connectivity index (χ1n) is 5.52. The van der Waals surface area contributed by atoms with E-state index in [-0.39, 0.29) is 0 Å². The molecule has 0 aromatic heterocycles. The Bertz CT molecular complexity index is 369. The van der Waals surface area contributed by atoms with Gasteiger partial charge in [0.25, 0.3) is 0 Å². The molecule has 0 unspecified atom stereocenters. The van der Waals surface area contributed by atoms with Gasteiger partial charge in [-0.3, -0.25) is 0 Å². The van der Waals surface area contributed by atoms with Crippen LogP contribution in [0.5, 0.6) is 11.5 Å². The summed E-state index contributed by atoms with van der Waals surface area (Å²) < 4.78 is 10.8. The molecule has 0 aliphatic carbocycles. The highest BCUT2D eigenvalue weighted by molar-refractivity contribution is 5.46. The highest BCUT2D eigenvalue weighted by Gasteiger charge is 2.04. The predicted molar refractivity (Wildman–Crippen MR) is 62.7 cm³/mol. The average molecular weight is 219 g/mol. The van der Waals surface area contributed by atoms with Crippen LogP contribution in [0.3, 0.4) is 0 Å². The van der Waals surface area contributed by atoms with Gasteiger partial charge in [-0.1, -0.05) is 19.8 Å². The fraction of sp³-hybridized carbons (Fsp3) is 0.462. The molecule has 3 heteroatoms. The second kappa shape index (κ2) is 6.73. The summed E-state index contributed by atoms with van der Waals surface area (Å²) in [7, 11) is 1.58. The van der Waals surface area contributed by atoms with Crippen LogP contribution in [0.1, 0.15) is 31.7 Å². The highest BCUT2D eigenvalue weighted by atomic mass is 16.5. The first-order chi connectivity index (χ1) is 7.81. The normalized spacial score (nSPS) is 9.56. The molecule has 0 aliphatic heterocycles. The van der Waals surface area contributed by atoms with Gasteiger partial charge in [0.2, 0.25) is 0 Å². The summed E-state index contributed by atoms with van der Waals surface area (Å²) in [4.78, 5) is 0. The quantitative estimate of drug-likeness (QED) is 0.690. The van der Waals surface area contributed by atoms with E-state index in [0.29, 0.717) is 23.7 Å². The van der Waals surface area contributed by atoms with Crippen LogP contribution in [0.4, 0.5) is 0 Å². The Morgan fingerprint density at radius 2 is 2.06 bits per heavy atom. The third-order valence-electron chi connectivity index (χ3n) is 2.30. The lowest BCUT2D eigenvalue weighted by atomic mass is 10.2. The Kier molecular flexibility index (Phi) is 5.21. The zero-order chi connectivity index (χ0) is 11.8. The van der Waals surface area contributed by atoms with Crippen LogP contribution in [0.2, 0.25) is 0 Å². The molecule has 0 saturated heterocycles. The van der Waals surface area contributed by atoms with Crippen molar-refractivity contribution in [1.29, 1.82) is 5.26 Å². The molecule has 0 saturated carbocycles. The lowest BCUT2D eigenvalue weighted by Crippen LogP contribution is -1.99. The maximum atomic E-state index is 8.75. The molecule has 0 amide bonds. The second-order valence-electron chi connectivity index (χ2n) is 3.53. The van der Waals surface area contributed by atoms with Crippen molar-refractivity contribution in [2.75, 3.05) is 13.7 Å². The van der Waals surface area contributed by atoms with Gasteiger partial charge < -0.3 is 9.47 Å². The van der Waals surface area contributed by atoms with Crippen LogP contribution in [0.25, 0.3) is 0 Å². The van der Waals surface area contributed by atoms with Crippen molar-refractivity contribution in [3.63, 3.8) is 0 Å². The van der Waals surface area contributed by atoms with Crippen molar-refractivity contribution in [2.24, 2.45) is 0 Å². The van der Waals surface area contributed by atoms with E-state index in [9.17, 15) is 0 Å². The van der Waals surface area contributed by atoms with E-state index in [4.69, 9.17) is 14.7 Å². The molecule has 1 rings (SSSR count). The van der Waals surface area contributed by atoms with Gasteiger partial charge in [0.15, 0.2) is 11.5 Å². The van der Waals surface area contributed by atoms with Crippen LogP contribution in [-0.4, -0.2) is 13.7 Å². The van der Waals surface area contributed by atoms with Gasteiger partial charge in [-0.05, 0) is 18.6 Å². The summed E-state index contributed by atoms with van der Waals surface area (Å²) in [5, 5.41) is 8.75. The minimum atomic E-state index is 0.581. The Labute approximate surface area is 96.6 Å². The van der Waals surface area contributed by atoms with Gasteiger partial charge in [0.05, 0.1) is 25.3 Å². The Hall–Kier alpha value is -1.69. The summed E-state index contributed by atoms with van der Waals surface area (Å²) in [6, 6.07) is 7.27. The molecule has 1 aromatic carbocycles. The van der Waals surface area contributed by atoms with Gasteiger partial charge in [-0.25, -0.2) is 0 Å². The summed E-state index contributed by atoms with van der Waals surface area (Å²) in [6.07, 6.45) is 3.38. The number of benzene rings is 1. The second-order valence-corrected chi connectivity index (χ2v) is 3.53. The van der Waals surface area contributed by atoms with Crippen LogP contribution < -0.4 is 9.47 Å². The van der Waals surface area contributed by atoms with Crippen molar-refractivity contribution in [3.05, 3.63) is 23.8 Å².